The number of rotatable bonds is 4. The Morgan fingerprint density at radius 1 is 1.30 bits per heavy atom. The number of hydrogen-bond donors (Lipinski definition) is 1. The fourth-order valence-corrected chi connectivity index (χ4v) is 2.54. The summed E-state index contributed by atoms with van der Waals surface area (Å²) in [6, 6.07) is 0.307. The largest absolute Gasteiger partial charge is 0.377 e. The van der Waals surface area contributed by atoms with E-state index >= 15 is 0 Å². The van der Waals surface area contributed by atoms with Crippen LogP contribution in [0.15, 0.2) is 6.20 Å². The van der Waals surface area contributed by atoms with Gasteiger partial charge in [0.15, 0.2) is 5.69 Å². The van der Waals surface area contributed by atoms with Crippen LogP contribution in [-0.4, -0.2) is 78.4 Å². The smallest absolute Gasteiger partial charge is 0.276 e. The van der Waals surface area contributed by atoms with Crippen LogP contribution in [0.4, 0.5) is 0 Å². The quantitative estimate of drug-likeness (QED) is 0.755. The van der Waals surface area contributed by atoms with Crippen molar-refractivity contribution in [3.8, 4) is 0 Å². The van der Waals surface area contributed by atoms with Gasteiger partial charge in [-0.05, 0) is 0 Å². The van der Waals surface area contributed by atoms with Gasteiger partial charge in [0, 0.05) is 40.4 Å². The summed E-state index contributed by atoms with van der Waals surface area (Å²) in [5.74, 6) is -0.120. The van der Waals surface area contributed by atoms with Crippen molar-refractivity contribution in [2.75, 3.05) is 40.4 Å². The Bertz CT molecular complexity index is 475. The van der Waals surface area contributed by atoms with E-state index in [1.165, 1.54) is 0 Å². The number of nitrogens with zero attached hydrogens (tertiary/aromatic N) is 4. The molecule has 0 spiro atoms. The standard InChI is InChI=1S/C12H19N5O3/c1-19-10-6-16(7-11(10)20-2)12(18)9-5-17(15-14-9)8-3-13-4-8/h5,8,10-11,13H,3-4,6-7H2,1-2H3. The molecule has 8 nitrogen and oxygen atoms in total. The number of carbonyl (C=O) groups excluding carboxylic acids is 1. The molecule has 20 heavy (non-hydrogen) atoms. The maximum Gasteiger partial charge on any atom is 0.276 e. The topological polar surface area (TPSA) is 81.5 Å². The van der Waals surface area contributed by atoms with E-state index in [1.807, 2.05) is 0 Å². The van der Waals surface area contributed by atoms with Crippen LogP contribution in [0.1, 0.15) is 16.5 Å². The van der Waals surface area contributed by atoms with Crippen LogP contribution in [0.25, 0.3) is 0 Å². The minimum atomic E-state index is -0.120. The van der Waals surface area contributed by atoms with Gasteiger partial charge in [0.1, 0.15) is 12.2 Å². The Kier molecular flexibility index (Phi) is 3.68. The first-order chi connectivity index (χ1) is 9.72. The molecule has 2 unspecified atom stereocenters. The molecule has 0 bridgehead atoms. The molecule has 2 saturated heterocycles. The van der Waals surface area contributed by atoms with Gasteiger partial charge in [0.25, 0.3) is 5.91 Å². The van der Waals surface area contributed by atoms with Crippen LogP contribution >= 0.6 is 0 Å². The summed E-state index contributed by atoms with van der Waals surface area (Å²) in [6.45, 7) is 2.79. The third-order valence-electron chi connectivity index (χ3n) is 3.97. The van der Waals surface area contributed by atoms with E-state index in [1.54, 1.807) is 30.0 Å². The minimum Gasteiger partial charge on any atom is -0.377 e. The highest BCUT2D eigenvalue weighted by Gasteiger charge is 2.36. The lowest BCUT2D eigenvalue weighted by Gasteiger charge is -2.26. The van der Waals surface area contributed by atoms with Crippen molar-refractivity contribution in [2.24, 2.45) is 0 Å². The van der Waals surface area contributed by atoms with Crippen LogP contribution in [0, 0.1) is 0 Å². The van der Waals surface area contributed by atoms with Crippen molar-refractivity contribution in [2.45, 2.75) is 18.2 Å². The summed E-state index contributed by atoms with van der Waals surface area (Å²) in [5, 5.41) is 11.2. The molecule has 110 valence electrons. The maximum atomic E-state index is 12.4. The molecule has 8 heteroatoms. The summed E-state index contributed by atoms with van der Waals surface area (Å²) in [5.41, 5.74) is 0.378. The number of amides is 1. The molecular formula is C12H19N5O3. The Morgan fingerprint density at radius 2 is 1.95 bits per heavy atom. The van der Waals surface area contributed by atoms with E-state index in [9.17, 15) is 4.79 Å². The molecule has 2 atom stereocenters. The molecule has 2 fully saturated rings. The van der Waals surface area contributed by atoms with E-state index in [2.05, 4.69) is 15.6 Å². The summed E-state index contributed by atoms with van der Waals surface area (Å²) in [7, 11) is 3.26. The van der Waals surface area contributed by atoms with Crippen molar-refractivity contribution in [3.63, 3.8) is 0 Å². The molecule has 3 heterocycles. The van der Waals surface area contributed by atoms with Gasteiger partial charge >= 0.3 is 0 Å². The van der Waals surface area contributed by atoms with Gasteiger partial charge in [-0.25, -0.2) is 4.68 Å². The molecule has 0 aliphatic carbocycles. The first-order valence-electron chi connectivity index (χ1n) is 6.70. The Labute approximate surface area is 117 Å². The van der Waals surface area contributed by atoms with Crippen LogP contribution < -0.4 is 5.32 Å². The zero-order valence-electron chi connectivity index (χ0n) is 11.7. The first kappa shape index (κ1) is 13.5. The molecule has 1 amide bonds. The second-order valence-corrected chi connectivity index (χ2v) is 5.15. The van der Waals surface area contributed by atoms with Gasteiger partial charge in [0.05, 0.1) is 12.2 Å². The summed E-state index contributed by atoms with van der Waals surface area (Å²) >= 11 is 0. The molecule has 1 aromatic heterocycles. The van der Waals surface area contributed by atoms with E-state index in [-0.39, 0.29) is 18.1 Å². The van der Waals surface area contributed by atoms with Crippen molar-refractivity contribution >= 4 is 5.91 Å². The number of nitrogens with one attached hydrogen (secondary N) is 1. The van der Waals surface area contributed by atoms with Gasteiger partial charge in [-0.15, -0.1) is 5.10 Å². The number of hydrogen-bond acceptors (Lipinski definition) is 6. The first-order valence-corrected chi connectivity index (χ1v) is 6.70. The predicted molar refractivity (Wildman–Crippen MR) is 69.4 cm³/mol. The molecule has 2 aliphatic heterocycles. The van der Waals surface area contributed by atoms with Crippen LogP contribution in [0.2, 0.25) is 0 Å². The molecule has 2 aliphatic rings. The van der Waals surface area contributed by atoms with Crippen molar-refractivity contribution in [1.29, 1.82) is 0 Å². The maximum absolute atomic E-state index is 12.4. The molecular weight excluding hydrogens is 262 g/mol. The summed E-state index contributed by atoms with van der Waals surface area (Å²) in [6.07, 6.45) is 1.54. The zero-order chi connectivity index (χ0) is 14.1. The molecule has 0 aromatic carbocycles. The number of aromatic nitrogens is 3. The average Bonchev–Trinajstić information content (AvgIpc) is 3.01. The number of ether oxygens (including phenoxy) is 2. The summed E-state index contributed by atoms with van der Waals surface area (Å²) < 4.78 is 12.4. The molecule has 1 N–H and O–H groups in total. The van der Waals surface area contributed by atoms with Gasteiger partial charge < -0.3 is 19.7 Å². The SMILES string of the molecule is COC1CN(C(=O)c2cn(C3CNC3)nn2)CC1OC. The number of carbonyl (C=O) groups is 1. The average molecular weight is 281 g/mol. The van der Waals surface area contributed by atoms with E-state index in [0.717, 1.165) is 13.1 Å². The van der Waals surface area contributed by atoms with Gasteiger partial charge in [-0.2, -0.15) is 0 Å². The van der Waals surface area contributed by atoms with Gasteiger partial charge in [-0.1, -0.05) is 5.21 Å². The van der Waals surface area contributed by atoms with Gasteiger partial charge in [0.2, 0.25) is 0 Å². The van der Waals surface area contributed by atoms with Crippen LogP contribution in [0.5, 0.6) is 0 Å². The van der Waals surface area contributed by atoms with Gasteiger partial charge in [-0.3, -0.25) is 4.79 Å². The second-order valence-electron chi connectivity index (χ2n) is 5.15. The Morgan fingerprint density at radius 3 is 2.45 bits per heavy atom. The highest BCUT2D eigenvalue weighted by molar-refractivity contribution is 5.92. The fraction of sp³-hybridized carbons (Fsp3) is 0.750. The zero-order valence-corrected chi connectivity index (χ0v) is 11.7. The molecule has 0 radical (unpaired) electrons. The van der Waals surface area contributed by atoms with Crippen LogP contribution in [0.3, 0.4) is 0 Å². The van der Waals surface area contributed by atoms with Crippen LogP contribution in [-0.2, 0) is 9.47 Å². The lowest BCUT2D eigenvalue weighted by atomic mass is 10.2. The second kappa shape index (κ2) is 5.47. The molecule has 0 saturated carbocycles. The van der Waals surface area contributed by atoms with Crippen molar-refractivity contribution in [3.05, 3.63) is 11.9 Å². The highest BCUT2D eigenvalue weighted by atomic mass is 16.5. The minimum absolute atomic E-state index is 0.0881. The van der Waals surface area contributed by atoms with E-state index in [0.29, 0.717) is 24.8 Å². The lowest BCUT2D eigenvalue weighted by molar-refractivity contribution is -0.00461. The normalized spacial score (nSPS) is 26.8. The third-order valence-corrected chi connectivity index (χ3v) is 3.97. The number of likely N-dealkylation sites (tertiary alicyclic amines) is 1. The Balaban J connectivity index is 1.68. The third kappa shape index (κ3) is 2.30. The molecule has 1 aromatic rings. The molecule has 3 rings (SSSR count). The van der Waals surface area contributed by atoms with Crippen molar-refractivity contribution < 1.29 is 14.3 Å². The van der Waals surface area contributed by atoms with Crippen molar-refractivity contribution in [1.82, 2.24) is 25.2 Å². The predicted octanol–water partition coefficient (Wildman–Crippen LogP) is -1.09. The highest BCUT2D eigenvalue weighted by Crippen LogP contribution is 2.18. The van der Waals surface area contributed by atoms with E-state index < -0.39 is 0 Å². The lowest BCUT2D eigenvalue weighted by Crippen LogP contribution is -2.43. The summed E-state index contributed by atoms with van der Waals surface area (Å²) in [4.78, 5) is 14.1. The fourth-order valence-electron chi connectivity index (χ4n) is 2.54. The monoisotopic (exact) mass is 281 g/mol. The number of methoxy groups -OCH3 is 2. The van der Waals surface area contributed by atoms with E-state index in [4.69, 9.17) is 9.47 Å². The Hall–Kier alpha value is -1.51.